The van der Waals surface area contributed by atoms with Crippen molar-refractivity contribution in [1.82, 2.24) is 14.5 Å². The Morgan fingerprint density at radius 1 is 1.17 bits per heavy atom. The zero-order valence-electron chi connectivity index (χ0n) is 16.2. The summed E-state index contributed by atoms with van der Waals surface area (Å²) in [5, 5.41) is 4.01. The lowest BCUT2D eigenvalue weighted by Crippen LogP contribution is -2.13. The fourth-order valence-electron chi connectivity index (χ4n) is 3.90. The van der Waals surface area contributed by atoms with E-state index in [2.05, 4.69) is 21.1 Å². The van der Waals surface area contributed by atoms with Crippen molar-refractivity contribution < 1.29 is 9.53 Å². The Morgan fingerprint density at radius 2 is 2.07 bits per heavy atom. The highest BCUT2D eigenvalue weighted by atomic mass is 16.5. The molecule has 2 aromatic heterocycles. The summed E-state index contributed by atoms with van der Waals surface area (Å²) < 4.78 is 7.48. The number of hydrogen-bond donors (Lipinski definition) is 2. The first kappa shape index (κ1) is 17.6. The number of nitrogens with zero attached hydrogens (tertiary/aromatic N) is 2. The molecule has 0 unspecified atom stereocenters. The average molecular weight is 386 g/mol. The molecular weight excluding hydrogens is 364 g/mol. The number of para-hydroxylation sites is 1. The minimum absolute atomic E-state index is 0.184. The molecule has 0 atom stereocenters. The molecule has 1 aliphatic rings. The van der Waals surface area contributed by atoms with Crippen LogP contribution in [0, 0.1) is 0 Å². The third kappa shape index (κ3) is 3.27. The van der Waals surface area contributed by atoms with Crippen LogP contribution in [0.4, 0.5) is 5.69 Å². The van der Waals surface area contributed by atoms with Crippen LogP contribution in [0.1, 0.15) is 29.2 Å². The molecule has 0 radical (unpaired) electrons. The number of ether oxygens (including phenoxy) is 1. The molecule has 3 heterocycles. The Balaban J connectivity index is 1.45. The lowest BCUT2D eigenvalue weighted by Gasteiger charge is -2.11. The van der Waals surface area contributed by atoms with Crippen molar-refractivity contribution >= 4 is 22.5 Å². The first-order valence-corrected chi connectivity index (χ1v) is 9.85. The molecule has 5 rings (SSSR count). The highest BCUT2D eigenvalue weighted by Gasteiger charge is 2.17. The van der Waals surface area contributed by atoms with E-state index in [-0.39, 0.29) is 5.91 Å². The second-order valence-corrected chi connectivity index (χ2v) is 7.33. The first-order valence-electron chi connectivity index (χ1n) is 9.85. The molecule has 0 fully saturated rings. The van der Waals surface area contributed by atoms with Crippen molar-refractivity contribution in [2.75, 3.05) is 12.4 Å². The zero-order chi connectivity index (χ0) is 19.8. The standard InChI is InChI=1S/C23H22N4O2/c1-29-16-10-9-15-12-20(24-19(15)13-16)23(28)26-18-7-3-2-6-17(18)21-14-27-11-5-4-8-22(27)25-21/h2-3,6-7,9-10,12-14,24H,4-5,8,11H2,1H3,(H,26,28). The molecule has 0 spiro atoms. The molecule has 0 saturated carbocycles. The van der Waals surface area contributed by atoms with Gasteiger partial charge in [0.15, 0.2) is 0 Å². The first-order chi connectivity index (χ1) is 14.2. The molecule has 2 aromatic carbocycles. The van der Waals surface area contributed by atoms with Gasteiger partial charge in [-0.2, -0.15) is 0 Å². The quantitative estimate of drug-likeness (QED) is 0.537. The molecule has 1 aliphatic heterocycles. The van der Waals surface area contributed by atoms with Crippen LogP contribution >= 0.6 is 0 Å². The fourth-order valence-corrected chi connectivity index (χ4v) is 3.90. The van der Waals surface area contributed by atoms with Gasteiger partial charge in [-0.25, -0.2) is 4.98 Å². The second-order valence-electron chi connectivity index (χ2n) is 7.33. The van der Waals surface area contributed by atoms with E-state index in [1.165, 1.54) is 12.8 Å². The number of amides is 1. The molecule has 6 nitrogen and oxygen atoms in total. The Morgan fingerprint density at radius 3 is 2.93 bits per heavy atom. The Labute approximate surface area is 168 Å². The Bertz CT molecular complexity index is 1180. The predicted octanol–water partition coefficient (Wildman–Crippen LogP) is 4.63. The number of carbonyl (C=O) groups is 1. The number of H-pyrrole nitrogens is 1. The van der Waals surface area contributed by atoms with Gasteiger partial charge in [0, 0.05) is 41.7 Å². The van der Waals surface area contributed by atoms with Crippen LogP contribution in [0.3, 0.4) is 0 Å². The van der Waals surface area contributed by atoms with Crippen molar-refractivity contribution in [2.24, 2.45) is 0 Å². The van der Waals surface area contributed by atoms with Gasteiger partial charge >= 0.3 is 0 Å². The Hall–Kier alpha value is -3.54. The van der Waals surface area contributed by atoms with Crippen molar-refractivity contribution in [3.63, 3.8) is 0 Å². The number of benzene rings is 2. The number of aryl methyl sites for hydroxylation is 2. The zero-order valence-corrected chi connectivity index (χ0v) is 16.2. The third-order valence-corrected chi connectivity index (χ3v) is 5.43. The highest BCUT2D eigenvalue weighted by molar-refractivity contribution is 6.07. The van der Waals surface area contributed by atoms with E-state index in [0.29, 0.717) is 5.69 Å². The molecule has 2 N–H and O–H groups in total. The minimum Gasteiger partial charge on any atom is -0.497 e. The molecule has 29 heavy (non-hydrogen) atoms. The summed E-state index contributed by atoms with van der Waals surface area (Å²) in [6.07, 6.45) is 5.47. The molecule has 0 bridgehead atoms. The van der Waals surface area contributed by atoms with E-state index in [0.717, 1.165) is 52.4 Å². The summed E-state index contributed by atoms with van der Waals surface area (Å²) in [5.41, 5.74) is 3.96. The normalized spacial score (nSPS) is 13.3. The number of carbonyl (C=O) groups excluding carboxylic acids is 1. The molecule has 0 saturated heterocycles. The maximum Gasteiger partial charge on any atom is 0.272 e. The Kier molecular flexibility index (Phi) is 4.31. The van der Waals surface area contributed by atoms with E-state index < -0.39 is 0 Å². The number of fused-ring (bicyclic) bond motifs is 2. The van der Waals surface area contributed by atoms with E-state index in [4.69, 9.17) is 9.72 Å². The maximum absolute atomic E-state index is 12.9. The monoisotopic (exact) mass is 386 g/mol. The maximum atomic E-state index is 12.9. The van der Waals surface area contributed by atoms with Gasteiger partial charge in [-0.15, -0.1) is 0 Å². The molecular formula is C23H22N4O2. The molecule has 0 aliphatic carbocycles. The average Bonchev–Trinajstić information content (AvgIpc) is 3.37. The van der Waals surface area contributed by atoms with E-state index in [1.807, 2.05) is 48.5 Å². The van der Waals surface area contributed by atoms with Crippen molar-refractivity contribution in [3.05, 3.63) is 66.2 Å². The summed E-state index contributed by atoms with van der Waals surface area (Å²) in [6, 6.07) is 15.4. The lowest BCUT2D eigenvalue weighted by atomic mass is 10.1. The summed E-state index contributed by atoms with van der Waals surface area (Å²) >= 11 is 0. The third-order valence-electron chi connectivity index (χ3n) is 5.43. The second kappa shape index (κ2) is 7.13. The van der Waals surface area contributed by atoms with E-state index in [1.54, 1.807) is 7.11 Å². The van der Waals surface area contributed by atoms with Crippen LogP contribution in [0.5, 0.6) is 5.75 Å². The van der Waals surface area contributed by atoms with Gasteiger partial charge in [-0.1, -0.05) is 18.2 Å². The number of aromatic nitrogens is 3. The van der Waals surface area contributed by atoms with Crippen LogP contribution in [-0.4, -0.2) is 27.6 Å². The van der Waals surface area contributed by atoms with Gasteiger partial charge in [-0.05, 0) is 37.1 Å². The van der Waals surface area contributed by atoms with Gasteiger partial charge in [0.25, 0.3) is 5.91 Å². The number of nitrogens with one attached hydrogen (secondary N) is 2. The van der Waals surface area contributed by atoms with E-state index >= 15 is 0 Å². The van der Waals surface area contributed by atoms with Crippen molar-refractivity contribution in [3.8, 4) is 17.0 Å². The molecule has 4 aromatic rings. The SMILES string of the molecule is COc1ccc2cc(C(=O)Nc3ccccc3-c3cn4c(n3)CCCC4)[nH]c2c1. The minimum atomic E-state index is -0.184. The number of rotatable bonds is 4. The number of methoxy groups -OCH3 is 1. The summed E-state index contributed by atoms with van der Waals surface area (Å²) in [6.45, 7) is 1.01. The number of imidazole rings is 1. The van der Waals surface area contributed by atoms with Gasteiger partial charge < -0.3 is 19.6 Å². The van der Waals surface area contributed by atoms with Gasteiger partial charge in [0.05, 0.1) is 18.5 Å². The number of anilines is 1. The summed E-state index contributed by atoms with van der Waals surface area (Å²) in [5.74, 6) is 1.69. The summed E-state index contributed by atoms with van der Waals surface area (Å²) in [7, 11) is 1.63. The summed E-state index contributed by atoms with van der Waals surface area (Å²) in [4.78, 5) is 20.9. The van der Waals surface area contributed by atoms with E-state index in [9.17, 15) is 4.79 Å². The highest BCUT2D eigenvalue weighted by Crippen LogP contribution is 2.29. The van der Waals surface area contributed by atoms with Crippen molar-refractivity contribution in [2.45, 2.75) is 25.8 Å². The van der Waals surface area contributed by atoms with Crippen LogP contribution in [-0.2, 0) is 13.0 Å². The molecule has 1 amide bonds. The van der Waals surface area contributed by atoms with Gasteiger partial charge in [-0.3, -0.25) is 4.79 Å². The van der Waals surface area contributed by atoms with Gasteiger partial charge in [0.2, 0.25) is 0 Å². The van der Waals surface area contributed by atoms with Crippen LogP contribution in [0.25, 0.3) is 22.2 Å². The number of hydrogen-bond acceptors (Lipinski definition) is 3. The van der Waals surface area contributed by atoms with Crippen molar-refractivity contribution in [1.29, 1.82) is 0 Å². The number of aromatic amines is 1. The van der Waals surface area contributed by atoms with Gasteiger partial charge in [0.1, 0.15) is 17.3 Å². The van der Waals surface area contributed by atoms with Crippen LogP contribution in [0.15, 0.2) is 54.7 Å². The largest absolute Gasteiger partial charge is 0.497 e. The van der Waals surface area contributed by atoms with Crippen LogP contribution < -0.4 is 10.1 Å². The fraction of sp³-hybridized carbons (Fsp3) is 0.217. The van der Waals surface area contributed by atoms with Crippen LogP contribution in [0.2, 0.25) is 0 Å². The molecule has 146 valence electrons. The topological polar surface area (TPSA) is 71.9 Å². The smallest absolute Gasteiger partial charge is 0.272 e. The molecule has 6 heteroatoms. The lowest BCUT2D eigenvalue weighted by molar-refractivity contribution is 0.102. The predicted molar refractivity (Wildman–Crippen MR) is 113 cm³/mol.